The molecule has 0 aliphatic heterocycles. The second-order valence-electron chi connectivity index (χ2n) is 6.58. The molecule has 0 atom stereocenters. The third kappa shape index (κ3) is 4.96. The fourth-order valence-corrected chi connectivity index (χ4v) is 3.91. The lowest BCUT2D eigenvalue weighted by Crippen LogP contribution is -2.44. The summed E-state index contributed by atoms with van der Waals surface area (Å²) in [4.78, 5) is 18.2. The summed E-state index contributed by atoms with van der Waals surface area (Å²) in [5.74, 6) is -1.54. The molecule has 0 unspecified atom stereocenters. The van der Waals surface area contributed by atoms with E-state index in [4.69, 9.17) is 16.0 Å². The first-order chi connectivity index (χ1) is 13.7. The van der Waals surface area contributed by atoms with Crippen LogP contribution in [0.4, 0.5) is 0 Å². The van der Waals surface area contributed by atoms with Gasteiger partial charge in [0.1, 0.15) is 0 Å². The molecule has 12 heteroatoms. The minimum atomic E-state index is -3.65. The van der Waals surface area contributed by atoms with E-state index in [2.05, 4.69) is 0 Å². The number of carbonyl (C=O) groups excluding carboxylic acids is 1. The first-order valence-corrected chi connectivity index (χ1v) is 11.8. The van der Waals surface area contributed by atoms with E-state index in [0.29, 0.717) is 10.6 Å². The molecule has 2 rings (SSSR count). The van der Waals surface area contributed by atoms with Gasteiger partial charge in [-0.15, -0.1) is 5.06 Å². The molecule has 0 saturated heterocycles. The number of sulfonamides is 1. The van der Waals surface area contributed by atoms with Crippen LogP contribution in [0.15, 0.2) is 52.3 Å². The second-order valence-corrected chi connectivity index (χ2v) is 10.8. The zero-order valence-corrected chi connectivity index (χ0v) is 18.4. The van der Waals surface area contributed by atoms with Gasteiger partial charge in [-0.05, 0) is 48.9 Å². The lowest BCUT2D eigenvalue weighted by molar-refractivity contribution is 0.0152. The summed E-state index contributed by atoms with van der Waals surface area (Å²) in [6, 6.07) is 9.18. The molecule has 0 bridgehead atoms. The fraction of sp³-hybridized carbons (Fsp3) is 0.222. The van der Waals surface area contributed by atoms with Crippen molar-refractivity contribution in [2.24, 2.45) is 5.73 Å². The molecule has 0 aromatic heterocycles. The van der Waals surface area contributed by atoms with E-state index in [1.54, 1.807) is 6.92 Å². The number of carbonyl (C=O) groups is 1. The number of hydrogen-bond acceptors (Lipinski definition) is 7. The predicted molar refractivity (Wildman–Crippen MR) is 110 cm³/mol. The minimum absolute atomic E-state index is 0.0113. The molecule has 2 aromatic rings. The zero-order valence-electron chi connectivity index (χ0n) is 16.8. The quantitative estimate of drug-likeness (QED) is 0.375. The summed E-state index contributed by atoms with van der Waals surface area (Å²) < 4.78 is 48.9. The van der Waals surface area contributed by atoms with Gasteiger partial charge in [0.25, 0.3) is 5.91 Å². The monoisotopic (exact) mass is 454 g/mol. The van der Waals surface area contributed by atoms with Crippen LogP contribution in [0.1, 0.15) is 15.9 Å². The van der Waals surface area contributed by atoms with E-state index >= 15 is 0 Å². The third-order valence-electron chi connectivity index (χ3n) is 4.07. The van der Waals surface area contributed by atoms with Crippen molar-refractivity contribution >= 4 is 31.7 Å². The van der Waals surface area contributed by atoms with Crippen molar-refractivity contribution < 1.29 is 26.5 Å². The van der Waals surface area contributed by atoms with Gasteiger partial charge in [0.05, 0.1) is 9.79 Å². The molecular weight excluding hydrogens is 432 g/mol. The van der Waals surface area contributed by atoms with Crippen LogP contribution in [-0.4, -0.2) is 58.4 Å². The summed E-state index contributed by atoms with van der Waals surface area (Å²) in [5, 5.41) is 8.15. The van der Waals surface area contributed by atoms with Crippen molar-refractivity contribution in [2.75, 3.05) is 20.4 Å². The van der Waals surface area contributed by atoms with Crippen LogP contribution in [0.3, 0.4) is 0 Å². The highest BCUT2D eigenvalue weighted by Crippen LogP contribution is 2.21. The number of hydroxylamine groups is 2. The standard InChI is InChI=1S/C18H22N4O6S2/c1-12-5-8-15(29(4,24)25)11-16(12)17(23)22(18(19)20)28-13-6-9-14(10-7-13)30(26,27)21(2)3/h5-11H,1-4H3,(H3,19,20). The van der Waals surface area contributed by atoms with E-state index in [-0.39, 0.29) is 21.1 Å². The molecule has 0 aliphatic rings. The van der Waals surface area contributed by atoms with Gasteiger partial charge >= 0.3 is 0 Å². The Morgan fingerprint density at radius 1 is 1.00 bits per heavy atom. The van der Waals surface area contributed by atoms with Gasteiger partial charge in [-0.25, -0.2) is 21.1 Å². The van der Waals surface area contributed by atoms with E-state index < -0.39 is 31.7 Å². The largest absolute Gasteiger partial charge is 0.369 e. The van der Waals surface area contributed by atoms with Crippen molar-refractivity contribution in [2.45, 2.75) is 16.7 Å². The van der Waals surface area contributed by atoms with E-state index in [1.807, 2.05) is 0 Å². The highest BCUT2D eigenvalue weighted by molar-refractivity contribution is 7.90. The maximum atomic E-state index is 12.9. The minimum Gasteiger partial charge on any atom is -0.369 e. The summed E-state index contributed by atoms with van der Waals surface area (Å²) >= 11 is 0. The Labute approximate surface area is 175 Å². The van der Waals surface area contributed by atoms with Crippen molar-refractivity contribution in [3.8, 4) is 5.75 Å². The lowest BCUT2D eigenvalue weighted by Gasteiger charge is -2.21. The highest BCUT2D eigenvalue weighted by atomic mass is 32.2. The Morgan fingerprint density at radius 3 is 2.00 bits per heavy atom. The normalized spacial score (nSPS) is 11.9. The first kappa shape index (κ1) is 23.3. The van der Waals surface area contributed by atoms with Gasteiger partial charge in [0, 0.05) is 25.9 Å². The Hall–Kier alpha value is -2.96. The predicted octanol–water partition coefficient (Wildman–Crippen LogP) is 0.978. The number of aryl methyl sites for hydroxylation is 1. The molecule has 3 N–H and O–H groups in total. The van der Waals surface area contributed by atoms with Crippen LogP contribution in [0.2, 0.25) is 0 Å². The van der Waals surface area contributed by atoms with Crippen LogP contribution in [-0.2, 0) is 19.9 Å². The summed E-state index contributed by atoms with van der Waals surface area (Å²) in [6.45, 7) is 1.60. The molecule has 10 nitrogen and oxygen atoms in total. The number of nitrogens with zero attached hydrogens (tertiary/aromatic N) is 2. The van der Waals surface area contributed by atoms with Gasteiger partial charge in [0.2, 0.25) is 16.0 Å². The summed E-state index contributed by atoms with van der Waals surface area (Å²) in [6.07, 6.45) is 1.01. The van der Waals surface area contributed by atoms with Crippen LogP contribution >= 0.6 is 0 Å². The maximum Gasteiger partial charge on any atom is 0.294 e. The van der Waals surface area contributed by atoms with Crippen molar-refractivity contribution in [1.82, 2.24) is 9.37 Å². The molecule has 0 heterocycles. The van der Waals surface area contributed by atoms with E-state index in [9.17, 15) is 21.6 Å². The van der Waals surface area contributed by atoms with Crippen molar-refractivity contribution in [3.05, 3.63) is 53.6 Å². The Bertz CT molecular complexity index is 1190. The molecule has 1 amide bonds. The molecule has 30 heavy (non-hydrogen) atoms. The third-order valence-corrected chi connectivity index (χ3v) is 7.01. The van der Waals surface area contributed by atoms with Crippen LogP contribution in [0, 0.1) is 12.3 Å². The SMILES string of the molecule is Cc1ccc(S(C)(=O)=O)cc1C(=O)N(Oc1ccc(S(=O)(=O)N(C)C)cc1)C(=N)N. The lowest BCUT2D eigenvalue weighted by atomic mass is 10.1. The number of rotatable bonds is 6. The molecular formula is C18H22N4O6S2. The van der Waals surface area contributed by atoms with Gasteiger partial charge in [-0.1, -0.05) is 6.07 Å². The Balaban J connectivity index is 2.38. The van der Waals surface area contributed by atoms with Crippen molar-refractivity contribution in [3.63, 3.8) is 0 Å². The van der Waals surface area contributed by atoms with Crippen LogP contribution < -0.4 is 10.6 Å². The summed E-state index contributed by atoms with van der Waals surface area (Å²) in [5.41, 5.74) is 5.92. The average molecular weight is 455 g/mol. The number of hydrogen-bond donors (Lipinski definition) is 2. The topological polar surface area (TPSA) is 151 Å². The van der Waals surface area contributed by atoms with Crippen LogP contribution in [0.25, 0.3) is 0 Å². The number of nitrogens with two attached hydrogens (primary N) is 1. The Kier molecular flexibility index (Phi) is 6.54. The molecule has 0 spiro atoms. The molecule has 2 aromatic carbocycles. The number of amides is 1. The van der Waals surface area contributed by atoms with E-state index in [0.717, 1.165) is 10.6 Å². The van der Waals surface area contributed by atoms with Gasteiger partial charge in [-0.3, -0.25) is 10.2 Å². The average Bonchev–Trinajstić information content (AvgIpc) is 2.65. The van der Waals surface area contributed by atoms with Crippen LogP contribution in [0.5, 0.6) is 5.75 Å². The number of nitrogens with one attached hydrogen (secondary N) is 1. The fourth-order valence-electron chi connectivity index (χ4n) is 2.36. The van der Waals surface area contributed by atoms with Gasteiger partial charge < -0.3 is 10.6 Å². The highest BCUT2D eigenvalue weighted by Gasteiger charge is 2.25. The smallest absolute Gasteiger partial charge is 0.294 e. The number of guanidine groups is 1. The molecule has 162 valence electrons. The number of benzene rings is 2. The van der Waals surface area contributed by atoms with Gasteiger partial charge in [0.15, 0.2) is 15.6 Å². The summed E-state index contributed by atoms with van der Waals surface area (Å²) in [7, 11) is -4.43. The second kappa shape index (κ2) is 8.42. The molecule has 0 radical (unpaired) electrons. The van der Waals surface area contributed by atoms with Gasteiger partial charge in [-0.2, -0.15) is 0 Å². The molecule has 0 aliphatic carbocycles. The van der Waals surface area contributed by atoms with Crippen molar-refractivity contribution in [1.29, 1.82) is 5.41 Å². The number of sulfone groups is 1. The molecule has 0 fully saturated rings. The Morgan fingerprint density at radius 2 is 1.53 bits per heavy atom. The van der Waals surface area contributed by atoms with E-state index in [1.165, 1.54) is 56.6 Å². The zero-order chi connectivity index (χ0) is 22.9. The maximum absolute atomic E-state index is 12.9. The first-order valence-electron chi connectivity index (χ1n) is 8.45. The molecule has 0 saturated carbocycles.